The van der Waals surface area contributed by atoms with E-state index in [1.165, 1.54) is 0 Å². The van der Waals surface area contributed by atoms with Gasteiger partial charge in [-0.3, -0.25) is 9.69 Å². The fourth-order valence-corrected chi connectivity index (χ4v) is 3.51. The molecule has 0 saturated heterocycles. The number of thiazole rings is 1. The van der Waals surface area contributed by atoms with Gasteiger partial charge in [0.1, 0.15) is 0 Å². The summed E-state index contributed by atoms with van der Waals surface area (Å²) in [6.45, 7) is 2.88. The highest BCUT2D eigenvalue weighted by molar-refractivity contribution is 7.22. The van der Waals surface area contributed by atoms with Gasteiger partial charge in [-0.25, -0.2) is 4.98 Å². The fraction of sp³-hybridized carbons (Fsp3) is 0.263. The van der Waals surface area contributed by atoms with Gasteiger partial charge in [0.15, 0.2) is 5.13 Å². The Kier molecular flexibility index (Phi) is 5.03. The highest BCUT2D eigenvalue weighted by atomic mass is 32.1. The van der Waals surface area contributed by atoms with Crippen LogP contribution in [0.15, 0.2) is 54.6 Å². The van der Waals surface area contributed by atoms with Gasteiger partial charge in [-0.15, -0.1) is 0 Å². The van der Waals surface area contributed by atoms with Crippen LogP contribution in [-0.4, -0.2) is 17.4 Å². The lowest BCUT2D eigenvalue weighted by molar-refractivity contribution is 0.0986. The van der Waals surface area contributed by atoms with Crippen molar-refractivity contribution >= 4 is 32.6 Å². The number of unbranched alkanes of at least 4 members (excludes halogenated alkanes) is 2. The number of aromatic nitrogens is 1. The first-order chi connectivity index (χ1) is 11.3. The van der Waals surface area contributed by atoms with Crippen LogP contribution in [0, 0.1) is 0 Å². The number of nitrogens with zero attached hydrogens (tertiary/aromatic N) is 2. The number of carbonyl (C=O) groups is 1. The van der Waals surface area contributed by atoms with Gasteiger partial charge in [-0.1, -0.05) is 61.4 Å². The Morgan fingerprint density at radius 1 is 1.04 bits per heavy atom. The molecule has 0 bridgehead atoms. The Labute approximate surface area is 140 Å². The van der Waals surface area contributed by atoms with E-state index in [0.29, 0.717) is 12.1 Å². The summed E-state index contributed by atoms with van der Waals surface area (Å²) in [5, 5.41) is 0.788. The molecule has 118 valence electrons. The van der Waals surface area contributed by atoms with Crippen LogP contribution in [0.5, 0.6) is 0 Å². The third kappa shape index (κ3) is 3.59. The summed E-state index contributed by atoms with van der Waals surface area (Å²) in [5.74, 6) is 0.0285. The van der Waals surface area contributed by atoms with Gasteiger partial charge in [0, 0.05) is 12.1 Å². The van der Waals surface area contributed by atoms with E-state index < -0.39 is 0 Å². The Morgan fingerprint density at radius 2 is 1.78 bits per heavy atom. The molecule has 0 radical (unpaired) electrons. The minimum absolute atomic E-state index is 0.0285. The van der Waals surface area contributed by atoms with Crippen molar-refractivity contribution in [2.24, 2.45) is 0 Å². The third-order valence-electron chi connectivity index (χ3n) is 3.76. The number of hydrogen-bond acceptors (Lipinski definition) is 3. The third-order valence-corrected chi connectivity index (χ3v) is 4.82. The van der Waals surface area contributed by atoms with Crippen LogP contribution in [-0.2, 0) is 0 Å². The van der Waals surface area contributed by atoms with Gasteiger partial charge in [-0.2, -0.15) is 0 Å². The van der Waals surface area contributed by atoms with Crippen molar-refractivity contribution in [3.63, 3.8) is 0 Å². The SMILES string of the molecule is CCCCCN(C(=O)c1ccccc1)c1nc2ccccc2s1. The first kappa shape index (κ1) is 15.7. The average molecular weight is 324 g/mol. The van der Waals surface area contributed by atoms with Crippen LogP contribution in [0.25, 0.3) is 10.2 Å². The second-order valence-electron chi connectivity index (χ2n) is 5.49. The summed E-state index contributed by atoms with van der Waals surface area (Å²) in [6, 6.07) is 17.5. The molecule has 1 amide bonds. The number of anilines is 1. The normalized spacial score (nSPS) is 10.8. The van der Waals surface area contributed by atoms with Crippen molar-refractivity contribution in [2.45, 2.75) is 26.2 Å². The highest BCUT2D eigenvalue weighted by Gasteiger charge is 2.20. The molecule has 0 saturated carbocycles. The Hall–Kier alpha value is -2.20. The number of hydrogen-bond donors (Lipinski definition) is 0. The summed E-state index contributed by atoms with van der Waals surface area (Å²) >= 11 is 1.58. The predicted molar refractivity (Wildman–Crippen MR) is 97.3 cm³/mol. The molecule has 3 nitrogen and oxygen atoms in total. The summed E-state index contributed by atoms with van der Waals surface area (Å²) in [4.78, 5) is 19.4. The van der Waals surface area contributed by atoms with Gasteiger partial charge in [-0.05, 0) is 30.7 Å². The molecule has 0 fully saturated rings. The first-order valence-electron chi connectivity index (χ1n) is 8.02. The maximum atomic E-state index is 12.9. The van der Waals surface area contributed by atoms with Crippen molar-refractivity contribution in [1.29, 1.82) is 0 Å². The number of amides is 1. The molecule has 1 aromatic heterocycles. The number of carbonyl (C=O) groups excluding carboxylic acids is 1. The van der Waals surface area contributed by atoms with E-state index in [4.69, 9.17) is 0 Å². The average Bonchev–Trinajstić information content (AvgIpc) is 3.02. The van der Waals surface area contributed by atoms with Crippen LogP contribution in [0.1, 0.15) is 36.5 Å². The van der Waals surface area contributed by atoms with E-state index in [1.54, 1.807) is 11.3 Å². The molecule has 4 heteroatoms. The molecule has 1 heterocycles. The zero-order valence-corrected chi connectivity index (χ0v) is 14.1. The second kappa shape index (κ2) is 7.38. The molecule has 23 heavy (non-hydrogen) atoms. The zero-order valence-electron chi connectivity index (χ0n) is 13.2. The molecular weight excluding hydrogens is 304 g/mol. The van der Waals surface area contributed by atoms with Gasteiger partial charge in [0.25, 0.3) is 5.91 Å². The van der Waals surface area contributed by atoms with Crippen molar-refractivity contribution in [1.82, 2.24) is 4.98 Å². The highest BCUT2D eigenvalue weighted by Crippen LogP contribution is 2.29. The Morgan fingerprint density at radius 3 is 2.52 bits per heavy atom. The molecule has 0 N–H and O–H groups in total. The van der Waals surface area contributed by atoms with E-state index in [-0.39, 0.29) is 5.91 Å². The summed E-state index contributed by atoms with van der Waals surface area (Å²) in [6.07, 6.45) is 3.24. The van der Waals surface area contributed by atoms with E-state index in [2.05, 4.69) is 11.9 Å². The van der Waals surface area contributed by atoms with Crippen LogP contribution in [0.3, 0.4) is 0 Å². The van der Waals surface area contributed by atoms with Crippen molar-refractivity contribution < 1.29 is 4.79 Å². The topological polar surface area (TPSA) is 33.2 Å². The number of fused-ring (bicyclic) bond motifs is 1. The fourth-order valence-electron chi connectivity index (χ4n) is 2.52. The first-order valence-corrected chi connectivity index (χ1v) is 8.83. The van der Waals surface area contributed by atoms with Crippen LogP contribution >= 0.6 is 11.3 Å². The van der Waals surface area contributed by atoms with Crippen molar-refractivity contribution in [3.8, 4) is 0 Å². The summed E-state index contributed by atoms with van der Waals surface area (Å²) in [7, 11) is 0. The smallest absolute Gasteiger partial charge is 0.260 e. The van der Waals surface area contributed by atoms with Crippen LogP contribution < -0.4 is 4.90 Å². The molecule has 0 unspecified atom stereocenters. The molecule has 0 atom stereocenters. The van der Waals surface area contributed by atoms with E-state index >= 15 is 0 Å². The van der Waals surface area contributed by atoms with E-state index in [0.717, 1.165) is 34.6 Å². The van der Waals surface area contributed by atoms with E-state index in [1.807, 2.05) is 59.5 Å². The maximum absolute atomic E-state index is 12.9. The second-order valence-corrected chi connectivity index (χ2v) is 6.50. The number of para-hydroxylation sites is 1. The standard InChI is InChI=1S/C19H20N2OS/c1-2-3-9-14-21(18(22)15-10-5-4-6-11-15)19-20-16-12-7-8-13-17(16)23-19/h4-8,10-13H,2-3,9,14H2,1H3. The molecule has 0 aliphatic carbocycles. The van der Waals surface area contributed by atoms with Gasteiger partial charge in [0.2, 0.25) is 0 Å². The number of rotatable bonds is 6. The summed E-state index contributed by atoms with van der Waals surface area (Å²) < 4.78 is 1.11. The predicted octanol–water partition coefficient (Wildman–Crippen LogP) is 5.13. The minimum Gasteiger partial charge on any atom is -0.284 e. The number of benzene rings is 2. The van der Waals surface area contributed by atoms with Gasteiger partial charge >= 0.3 is 0 Å². The summed E-state index contributed by atoms with van der Waals surface area (Å²) in [5.41, 5.74) is 1.66. The van der Waals surface area contributed by atoms with Gasteiger partial charge in [0.05, 0.1) is 10.2 Å². The van der Waals surface area contributed by atoms with Gasteiger partial charge < -0.3 is 0 Å². The molecule has 0 spiro atoms. The van der Waals surface area contributed by atoms with Crippen LogP contribution in [0.2, 0.25) is 0 Å². The Balaban J connectivity index is 1.92. The molecule has 3 aromatic rings. The lowest BCUT2D eigenvalue weighted by Gasteiger charge is -2.19. The van der Waals surface area contributed by atoms with Crippen molar-refractivity contribution in [3.05, 3.63) is 60.2 Å². The molecule has 0 aliphatic rings. The molecule has 0 aliphatic heterocycles. The monoisotopic (exact) mass is 324 g/mol. The Bertz CT molecular complexity index is 749. The van der Waals surface area contributed by atoms with E-state index in [9.17, 15) is 4.79 Å². The molecule has 2 aromatic carbocycles. The lowest BCUT2D eigenvalue weighted by Crippen LogP contribution is -2.31. The molecular formula is C19H20N2OS. The minimum atomic E-state index is 0.0285. The quantitative estimate of drug-likeness (QED) is 0.589. The molecule has 3 rings (SSSR count). The zero-order chi connectivity index (χ0) is 16.1. The lowest BCUT2D eigenvalue weighted by atomic mass is 10.2. The van der Waals surface area contributed by atoms with Crippen LogP contribution in [0.4, 0.5) is 5.13 Å². The largest absolute Gasteiger partial charge is 0.284 e. The maximum Gasteiger partial charge on any atom is 0.260 e. The van der Waals surface area contributed by atoms with Crippen molar-refractivity contribution in [2.75, 3.05) is 11.4 Å².